The first-order chi connectivity index (χ1) is 14.2. The van der Waals surface area contributed by atoms with Crippen LogP contribution in [0.2, 0.25) is 0 Å². The van der Waals surface area contributed by atoms with Gasteiger partial charge in [-0.25, -0.2) is 4.79 Å². The lowest BCUT2D eigenvalue weighted by Crippen LogP contribution is -2.41. The number of piperidine rings is 1. The lowest BCUT2D eigenvalue weighted by molar-refractivity contribution is -0.134. The maximum absolute atomic E-state index is 13.0. The molecule has 2 aromatic heterocycles. The van der Waals surface area contributed by atoms with Crippen molar-refractivity contribution in [2.45, 2.75) is 70.6 Å². The minimum atomic E-state index is -4.36. The molecule has 3 heterocycles. The molecular weight excluding hydrogens is 429 g/mol. The van der Waals surface area contributed by atoms with E-state index < -0.39 is 22.1 Å². The lowest BCUT2D eigenvalue weighted by Gasteiger charge is -2.33. The minimum absolute atomic E-state index is 0.120. The second kappa shape index (κ2) is 8.11. The molecule has 1 amide bonds. The van der Waals surface area contributed by atoms with Gasteiger partial charge in [-0.1, -0.05) is 0 Å². The fraction of sp³-hybridized carbons (Fsp3) is 0.667. The number of hydrogen-bond donors (Lipinski definition) is 0. The Bertz CT molecular complexity index is 935. The number of nitrogens with zero attached hydrogens (tertiary/aromatic N) is 4. The van der Waals surface area contributed by atoms with E-state index in [9.17, 15) is 18.0 Å². The van der Waals surface area contributed by atoms with Gasteiger partial charge in [-0.15, -0.1) is 21.5 Å². The van der Waals surface area contributed by atoms with Gasteiger partial charge < -0.3 is 14.2 Å². The SMILES string of the molecule is Cn1c(C2CCN(C(=O)OC(C)(C)C)CC2)nnc1C(C)(C)c1ccc(C(F)(F)F)s1. The quantitative estimate of drug-likeness (QED) is 0.623. The maximum atomic E-state index is 13.0. The maximum Gasteiger partial charge on any atom is 0.425 e. The molecular formula is C21H29F3N4O2S. The predicted molar refractivity (Wildman–Crippen MR) is 112 cm³/mol. The van der Waals surface area contributed by atoms with Gasteiger partial charge in [0.2, 0.25) is 0 Å². The molecule has 0 aromatic carbocycles. The van der Waals surface area contributed by atoms with Crippen LogP contribution in [0.4, 0.5) is 18.0 Å². The van der Waals surface area contributed by atoms with Crippen molar-refractivity contribution in [3.8, 4) is 0 Å². The van der Waals surface area contributed by atoms with Crippen molar-refractivity contribution in [2.75, 3.05) is 13.1 Å². The Morgan fingerprint density at radius 2 is 1.65 bits per heavy atom. The fourth-order valence-corrected chi connectivity index (χ4v) is 4.80. The van der Waals surface area contributed by atoms with Crippen molar-refractivity contribution in [2.24, 2.45) is 7.05 Å². The third-order valence-electron chi connectivity index (χ3n) is 5.48. The summed E-state index contributed by atoms with van der Waals surface area (Å²) in [6, 6.07) is 2.63. The summed E-state index contributed by atoms with van der Waals surface area (Å²) in [6.07, 6.45) is -3.22. The molecule has 2 aromatic rings. The van der Waals surface area contributed by atoms with E-state index in [0.29, 0.717) is 23.8 Å². The number of likely N-dealkylation sites (tertiary alicyclic amines) is 1. The summed E-state index contributed by atoms with van der Waals surface area (Å²) >= 11 is 0.739. The van der Waals surface area contributed by atoms with E-state index in [2.05, 4.69) is 10.2 Å². The molecule has 0 unspecified atom stereocenters. The highest BCUT2D eigenvalue weighted by Crippen LogP contribution is 2.41. The van der Waals surface area contributed by atoms with Crippen LogP contribution in [-0.4, -0.2) is 44.4 Å². The third kappa shape index (κ3) is 5.05. The predicted octanol–water partition coefficient (Wildman–Crippen LogP) is 5.34. The minimum Gasteiger partial charge on any atom is -0.444 e. The van der Waals surface area contributed by atoms with Gasteiger partial charge in [0.1, 0.15) is 22.1 Å². The molecule has 1 fully saturated rings. The molecule has 0 spiro atoms. The number of hydrogen-bond acceptors (Lipinski definition) is 5. The number of halogens is 3. The Hall–Kier alpha value is -2.10. The average molecular weight is 459 g/mol. The molecule has 3 rings (SSSR count). The molecule has 0 radical (unpaired) electrons. The highest BCUT2D eigenvalue weighted by molar-refractivity contribution is 7.12. The molecule has 6 nitrogen and oxygen atoms in total. The number of thiophene rings is 1. The Labute approximate surface area is 184 Å². The van der Waals surface area contributed by atoms with Crippen LogP contribution in [0, 0.1) is 0 Å². The fourth-order valence-electron chi connectivity index (χ4n) is 3.82. The molecule has 0 saturated carbocycles. The highest BCUT2D eigenvalue weighted by atomic mass is 32.1. The van der Waals surface area contributed by atoms with E-state index in [1.165, 1.54) is 6.07 Å². The average Bonchev–Trinajstić information content (AvgIpc) is 3.28. The van der Waals surface area contributed by atoms with Gasteiger partial charge in [-0.3, -0.25) is 0 Å². The smallest absolute Gasteiger partial charge is 0.425 e. The van der Waals surface area contributed by atoms with Crippen molar-refractivity contribution in [3.63, 3.8) is 0 Å². The van der Waals surface area contributed by atoms with Crippen LogP contribution in [-0.2, 0) is 23.4 Å². The van der Waals surface area contributed by atoms with E-state index in [1.54, 1.807) is 4.90 Å². The summed E-state index contributed by atoms with van der Waals surface area (Å²) in [5, 5.41) is 8.72. The van der Waals surface area contributed by atoms with Crippen LogP contribution in [0.1, 0.15) is 74.8 Å². The largest absolute Gasteiger partial charge is 0.444 e. The number of rotatable bonds is 3. The van der Waals surface area contributed by atoms with Crippen LogP contribution in [0.5, 0.6) is 0 Å². The van der Waals surface area contributed by atoms with Crippen LogP contribution in [0.15, 0.2) is 12.1 Å². The molecule has 1 saturated heterocycles. The monoisotopic (exact) mass is 458 g/mol. The van der Waals surface area contributed by atoms with Crippen molar-refractivity contribution >= 4 is 17.4 Å². The first-order valence-electron chi connectivity index (χ1n) is 10.3. The van der Waals surface area contributed by atoms with E-state index in [0.717, 1.165) is 36.1 Å². The Morgan fingerprint density at radius 1 is 1.06 bits per heavy atom. The molecule has 0 atom stereocenters. The highest BCUT2D eigenvalue weighted by Gasteiger charge is 2.38. The van der Waals surface area contributed by atoms with E-state index in [4.69, 9.17) is 4.74 Å². The van der Waals surface area contributed by atoms with Crippen molar-refractivity contribution in [3.05, 3.63) is 33.5 Å². The summed E-state index contributed by atoms with van der Waals surface area (Å²) < 4.78 is 46.4. The second-order valence-electron chi connectivity index (χ2n) is 9.47. The van der Waals surface area contributed by atoms with Gasteiger partial charge in [0, 0.05) is 30.9 Å². The standard InChI is InChI=1S/C21H29F3N4O2S/c1-19(2,3)30-18(29)28-11-9-13(10-12-28)16-25-26-17(27(16)6)20(4,5)14-7-8-15(31-14)21(22,23)24/h7-8,13H,9-12H2,1-6H3. The topological polar surface area (TPSA) is 60.2 Å². The summed E-state index contributed by atoms with van der Waals surface area (Å²) in [5.74, 6) is 1.53. The van der Waals surface area contributed by atoms with Crippen molar-refractivity contribution < 1.29 is 22.7 Å². The molecule has 0 aliphatic carbocycles. The van der Waals surface area contributed by atoms with Crippen LogP contribution in [0.3, 0.4) is 0 Å². The zero-order valence-electron chi connectivity index (χ0n) is 18.7. The molecule has 10 heteroatoms. The zero-order valence-corrected chi connectivity index (χ0v) is 19.5. The normalized spacial score (nSPS) is 16.6. The van der Waals surface area contributed by atoms with Crippen molar-refractivity contribution in [1.82, 2.24) is 19.7 Å². The Morgan fingerprint density at radius 3 is 2.16 bits per heavy atom. The molecule has 1 aliphatic heterocycles. The molecule has 31 heavy (non-hydrogen) atoms. The van der Waals surface area contributed by atoms with Gasteiger partial charge in [0.25, 0.3) is 0 Å². The first-order valence-corrected chi connectivity index (χ1v) is 11.1. The zero-order chi connectivity index (χ0) is 23.2. The number of carbonyl (C=O) groups excluding carboxylic acids is 1. The number of carbonyl (C=O) groups is 1. The van der Waals surface area contributed by atoms with Crippen LogP contribution >= 0.6 is 11.3 Å². The summed E-state index contributed by atoms with van der Waals surface area (Å²) in [6.45, 7) is 10.4. The summed E-state index contributed by atoms with van der Waals surface area (Å²) in [4.78, 5) is 13.9. The first kappa shape index (κ1) is 23.6. The van der Waals surface area contributed by atoms with Gasteiger partial charge in [-0.2, -0.15) is 13.2 Å². The van der Waals surface area contributed by atoms with E-state index in [1.807, 2.05) is 46.2 Å². The van der Waals surface area contributed by atoms with Crippen LogP contribution in [0.25, 0.3) is 0 Å². The van der Waals surface area contributed by atoms with Gasteiger partial charge >= 0.3 is 12.3 Å². The Balaban J connectivity index is 1.73. The van der Waals surface area contributed by atoms with Gasteiger partial charge in [-0.05, 0) is 59.6 Å². The number of ether oxygens (including phenoxy) is 1. The number of alkyl halides is 3. The van der Waals surface area contributed by atoms with Gasteiger partial charge in [0.05, 0.1) is 5.41 Å². The lowest BCUT2D eigenvalue weighted by atomic mass is 9.90. The molecule has 0 bridgehead atoms. The summed E-state index contributed by atoms with van der Waals surface area (Å²) in [5.41, 5.74) is -1.25. The number of amides is 1. The second-order valence-corrected chi connectivity index (χ2v) is 10.6. The summed E-state index contributed by atoms with van der Waals surface area (Å²) in [7, 11) is 1.85. The molecule has 172 valence electrons. The Kier molecular flexibility index (Phi) is 6.16. The molecule has 0 N–H and O–H groups in total. The van der Waals surface area contributed by atoms with Crippen LogP contribution < -0.4 is 0 Å². The van der Waals surface area contributed by atoms with Gasteiger partial charge in [0.15, 0.2) is 0 Å². The number of aromatic nitrogens is 3. The van der Waals surface area contributed by atoms with E-state index >= 15 is 0 Å². The third-order valence-corrected chi connectivity index (χ3v) is 6.93. The van der Waals surface area contributed by atoms with Crippen molar-refractivity contribution in [1.29, 1.82) is 0 Å². The molecule has 1 aliphatic rings. The van der Waals surface area contributed by atoms with E-state index in [-0.39, 0.29) is 12.0 Å².